The fourth-order valence-electron chi connectivity index (χ4n) is 5.78. The smallest absolute Gasteiger partial charge is 0.330 e. The fraction of sp³-hybridized carbons (Fsp3) is 0.742. The standard InChI is InChI=1S/C31H49N7O10/c1-5-6-7-9-19(30(45)46)13-25(40)37-23(10-8-11-32-37)28(43)36-22-16-48-31(47)24-14-20(39)15-33-38(24)29(44)18(4)34-26(41)21(12-17(2)3)35-27(22)42/h11,17-24,33,39H,5-10,12-16H2,1-4H3,(H,34,41)(H,35,42)(H,36,43)(H,45,46)/t18-,19?,20+,21+,22-,23?,24?/m0/s1. The number of aliphatic hydroxyl groups excluding tert-OH is 1. The van der Waals surface area contributed by atoms with Gasteiger partial charge in [-0.15, -0.1) is 0 Å². The number of hydrogen-bond donors (Lipinski definition) is 6. The number of carbonyl (C=O) groups excluding carboxylic acids is 6. The Morgan fingerprint density at radius 1 is 1.12 bits per heavy atom. The van der Waals surface area contributed by atoms with E-state index in [1.165, 1.54) is 13.1 Å². The van der Waals surface area contributed by atoms with E-state index in [-0.39, 0.29) is 44.6 Å². The van der Waals surface area contributed by atoms with Gasteiger partial charge < -0.3 is 30.9 Å². The van der Waals surface area contributed by atoms with Crippen LogP contribution in [0.3, 0.4) is 0 Å². The quantitative estimate of drug-likeness (QED) is 0.117. The summed E-state index contributed by atoms with van der Waals surface area (Å²) in [6, 6.07) is -6.25. The predicted molar refractivity (Wildman–Crippen MR) is 169 cm³/mol. The normalized spacial score (nSPS) is 27.8. The summed E-state index contributed by atoms with van der Waals surface area (Å²) in [5, 5.41) is 33.6. The second-order valence-electron chi connectivity index (χ2n) is 13.0. The Labute approximate surface area is 279 Å². The molecule has 3 unspecified atom stereocenters. The molecule has 0 spiro atoms. The minimum Gasteiger partial charge on any atom is -0.481 e. The second-order valence-corrected chi connectivity index (χ2v) is 13.0. The van der Waals surface area contributed by atoms with Gasteiger partial charge >= 0.3 is 11.9 Å². The molecule has 3 aliphatic heterocycles. The van der Waals surface area contributed by atoms with Crippen molar-refractivity contribution >= 4 is 47.7 Å². The van der Waals surface area contributed by atoms with E-state index < -0.39 is 90.3 Å². The van der Waals surface area contributed by atoms with Gasteiger partial charge in [0.15, 0.2) is 0 Å². The summed E-state index contributed by atoms with van der Waals surface area (Å²) in [7, 11) is 0. The summed E-state index contributed by atoms with van der Waals surface area (Å²) in [6.07, 6.45) is 3.12. The molecule has 0 aromatic rings. The van der Waals surface area contributed by atoms with Crippen LogP contribution in [0.2, 0.25) is 0 Å². The van der Waals surface area contributed by atoms with Crippen LogP contribution in [-0.2, 0) is 38.3 Å². The lowest BCUT2D eigenvalue weighted by Gasteiger charge is -2.38. The molecule has 0 aromatic heterocycles. The Bertz CT molecular complexity index is 1240. The van der Waals surface area contributed by atoms with Crippen LogP contribution in [0.1, 0.15) is 85.5 Å². The zero-order valence-corrected chi connectivity index (χ0v) is 28.0. The SMILES string of the molecule is CCCCCC(CC(=O)N1N=CCCC1C(=O)N[C@H]1COC(=O)C2C[C@@H](O)CNN2C(=O)[C@H](C)NC(=O)[C@@H](CC(C)C)NC1=O)C(=O)O. The number of ether oxygens (including phenoxy) is 1. The van der Waals surface area contributed by atoms with Gasteiger partial charge in [-0.05, 0) is 38.5 Å². The number of β-amino-alcohol motifs (C(OH)–C–C–N with tert-alkyl or cyclic N) is 1. The summed E-state index contributed by atoms with van der Waals surface area (Å²) in [6.45, 7) is 6.34. The van der Waals surface area contributed by atoms with Gasteiger partial charge in [0.05, 0.1) is 12.0 Å². The van der Waals surface area contributed by atoms with E-state index in [9.17, 15) is 43.8 Å². The van der Waals surface area contributed by atoms with Crippen molar-refractivity contribution in [2.75, 3.05) is 13.2 Å². The number of aliphatic carboxylic acids is 1. The lowest BCUT2D eigenvalue weighted by Crippen LogP contribution is -2.64. The molecule has 48 heavy (non-hydrogen) atoms. The Morgan fingerprint density at radius 2 is 1.85 bits per heavy atom. The van der Waals surface area contributed by atoms with Gasteiger partial charge in [-0.25, -0.2) is 15.2 Å². The van der Waals surface area contributed by atoms with Crippen molar-refractivity contribution in [2.24, 2.45) is 16.9 Å². The van der Waals surface area contributed by atoms with Crippen molar-refractivity contribution < 1.29 is 48.5 Å². The lowest BCUT2D eigenvalue weighted by atomic mass is 9.97. The Morgan fingerprint density at radius 3 is 2.52 bits per heavy atom. The number of rotatable bonds is 11. The number of carboxylic acid groups (broad SMARTS) is 1. The summed E-state index contributed by atoms with van der Waals surface area (Å²) >= 11 is 0. The number of fused-ring (bicyclic) bond motifs is 1. The third-order valence-corrected chi connectivity index (χ3v) is 8.46. The molecule has 2 saturated heterocycles. The molecule has 3 heterocycles. The number of nitrogens with one attached hydrogen (secondary N) is 4. The number of esters is 1. The van der Waals surface area contributed by atoms with Gasteiger partial charge in [0.25, 0.3) is 5.91 Å². The fourth-order valence-corrected chi connectivity index (χ4v) is 5.78. The van der Waals surface area contributed by atoms with Crippen molar-refractivity contribution in [3.63, 3.8) is 0 Å². The number of aliphatic hydroxyl groups is 1. The number of carbonyl (C=O) groups is 7. The number of carboxylic acids is 1. The monoisotopic (exact) mass is 679 g/mol. The first-order valence-corrected chi connectivity index (χ1v) is 16.6. The van der Waals surface area contributed by atoms with Crippen LogP contribution in [0.5, 0.6) is 0 Å². The Kier molecular flexibility index (Phi) is 14.3. The van der Waals surface area contributed by atoms with Crippen LogP contribution in [-0.4, -0.2) is 117 Å². The molecule has 6 N–H and O–H groups in total. The molecule has 3 rings (SSSR count). The highest BCUT2D eigenvalue weighted by Gasteiger charge is 2.42. The van der Waals surface area contributed by atoms with Gasteiger partial charge in [-0.2, -0.15) is 5.10 Å². The van der Waals surface area contributed by atoms with E-state index in [0.717, 1.165) is 22.9 Å². The van der Waals surface area contributed by atoms with E-state index in [0.29, 0.717) is 12.8 Å². The minimum atomic E-state index is -1.53. The van der Waals surface area contributed by atoms with Gasteiger partial charge in [-0.1, -0.05) is 40.0 Å². The van der Waals surface area contributed by atoms with Crippen LogP contribution < -0.4 is 21.4 Å². The number of hydrazone groups is 1. The topological polar surface area (TPSA) is 236 Å². The maximum absolute atomic E-state index is 13.7. The molecule has 0 aliphatic carbocycles. The largest absolute Gasteiger partial charge is 0.481 e. The molecule has 0 aromatic carbocycles. The van der Waals surface area contributed by atoms with E-state index in [4.69, 9.17) is 4.74 Å². The van der Waals surface area contributed by atoms with Crippen LogP contribution in [0, 0.1) is 11.8 Å². The lowest BCUT2D eigenvalue weighted by molar-refractivity contribution is -0.165. The average Bonchev–Trinajstić information content (AvgIpc) is 3.04. The Hall–Kier alpha value is -4.12. The summed E-state index contributed by atoms with van der Waals surface area (Å²) in [5.74, 6) is -6.76. The summed E-state index contributed by atoms with van der Waals surface area (Å²) < 4.78 is 5.43. The molecular formula is C31H49N7O10. The molecule has 0 radical (unpaired) electrons. The van der Waals surface area contributed by atoms with Crippen molar-refractivity contribution in [3.05, 3.63) is 0 Å². The van der Waals surface area contributed by atoms with Crippen LogP contribution in [0.15, 0.2) is 5.10 Å². The van der Waals surface area contributed by atoms with E-state index in [1.807, 2.05) is 20.8 Å². The highest BCUT2D eigenvalue weighted by molar-refractivity contribution is 5.97. The molecule has 17 heteroatoms. The van der Waals surface area contributed by atoms with Gasteiger partial charge in [0.2, 0.25) is 23.6 Å². The number of nitrogens with zero attached hydrogens (tertiary/aromatic N) is 3. The van der Waals surface area contributed by atoms with Gasteiger partial charge in [-0.3, -0.25) is 33.8 Å². The van der Waals surface area contributed by atoms with Crippen molar-refractivity contribution in [1.82, 2.24) is 31.4 Å². The molecule has 5 amide bonds. The highest BCUT2D eigenvalue weighted by atomic mass is 16.5. The molecular weight excluding hydrogens is 630 g/mol. The Balaban J connectivity index is 1.86. The van der Waals surface area contributed by atoms with Crippen LogP contribution in [0.4, 0.5) is 0 Å². The maximum Gasteiger partial charge on any atom is 0.330 e. The number of amides is 5. The van der Waals surface area contributed by atoms with Crippen LogP contribution >= 0.6 is 0 Å². The van der Waals surface area contributed by atoms with Crippen molar-refractivity contribution in [1.29, 1.82) is 0 Å². The number of cyclic esters (lactones) is 1. The number of unbranched alkanes of at least 4 members (excludes halogenated alkanes) is 2. The molecule has 7 atom stereocenters. The van der Waals surface area contributed by atoms with Gasteiger partial charge in [0, 0.05) is 25.6 Å². The second kappa shape index (κ2) is 17.9. The third kappa shape index (κ3) is 10.4. The van der Waals surface area contributed by atoms with E-state index in [2.05, 4.69) is 26.5 Å². The summed E-state index contributed by atoms with van der Waals surface area (Å²) in [4.78, 5) is 92.2. The molecule has 17 nitrogen and oxygen atoms in total. The maximum atomic E-state index is 13.7. The predicted octanol–water partition coefficient (Wildman–Crippen LogP) is -0.822. The zero-order chi connectivity index (χ0) is 35.5. The average molecular weight is 680 g/mol. The third-order valence-electron chi connectivity index (χ3n) is 8.46. The number of hydrogen-bond acceptors (Lipinski definition) is 11. The first-order valence-electron chi connectivity index (χ1n) is 16.6. The van der Waals surface area contributed by atoms with Crippen LogP contribution in [0.25, 0.3) is 0 Å². The molecule has 3 aliphatic rings. The van der Waals surface area contributed by atoms with Crippen molar-refractivity contribution in [3.8, 4) is 0 Å². The first-order chi connectivity index (χ1) is 22.7. The van der Waals surface area contributed by atoms with Crippen molar-refractivity contribution in [2.45, 2.75) is 122 Å². The van der Waals surface area contributed by atoms with E-state index in [1.54, 1.807) is 0 Å². The highest BCUT2D eigenvalue weighted by Crippen LogP contribution is 2.21. The summed E-state index contributed by atoms with van der Waals surface area (Å²) in [5.41, 5.74) is 2.69. The first kappa shape index (κ1) is 38.3. The molecule has 0 bridgehead atoms. The zero-order valence-electron chi connectivity index (χ0n) is 28.0. The number of hydrazine groups is 1. The molecule has 268 valence electrons. The molecule has 2 fully saturated rings. The minimum absolute atomic E-state index is 0.0318. The van der Waals surface area contributed by atoms with Gasteiger partial charge in [0.1, 0.15) is 36.8 Å². The van der Waals surface area contributed by atoms with E-state index >= 15 is 0 Å². The molecule has 0 saturated carbocycles.